The molecule has 0 radical (unpaired) electrons. The standard InChI is InChI=1S/C14H27NO/c1-10-4-5-13(6-10)9-15-14-7-11(2)16-12(3)8-14/h10-15H,4-9H2,1-3H3. The van der Waals surface area contributed by atoms with Crippen molar-refractivity contribution < 1.29 is 4.74 Å². The van der Waals surface area contributed by atoms with E-state index in [0.717, 1.165) is 11.8 Å². The molecule has 1 saturated carbocycles. The van der Waals surface area contributed by atoms with Crippen molar-refractivity contribution in [2.75, 3.05) is 6.54 Å². The SMILES string of the molecule is CC1CCC(CNC2CC(C)OC(C)C2)C1. The molecule has 2 fully saturated rings. The summed E-state index contributed by atoms with van der Waals surface area (Å²) < 4.78 is 5.77. The van der Waals surface area contributed by atoms with Crippen LogP contribution < -0.4 is 5.32 Å². The van der Waals surface area contributed by atoms with E-state index in [0.29, 0.717) is 18.2 Å². The molecule has 2 rings (SSSR count). The van der Waals surface area contributed by atoms with Gasteiger partial charge in [-0.05, 0) is 57.9 Å². The molecule has 1 N–H and O–H groups in total. The van der Waals surface area contributed by atoms with Gasteiger partial charge in [0.05, 0.1) is 12.2 Å². The maximum Gasteiger partial charge on any atom is 0.0565 e. The molecule has 2 aliphatic rings. The highest BCUT2D eigenvalue weighted by molar-refractivity contribution is 4.81. The summed E-state index contributed by atoms with van der Waals surface area (Å²) in [4.78, 5) is 0. The van der Waals surface area contributed by atoms with Crippen molar-refractivity contribution in [2.24, 2.45) is 11.8 Å². The van der Waals surface area contributed by atoms with E-state index in [1.54, 1.807) is 0 Å². The van der Waals surface area contributed by atoms with E-state index >= 15 is 0 Å². The Balaban J connectivity index is 1.69. The number of nitrogens with one attached hydrogen (secondary N) is 1. The molecule has 1 heterocycles. The van der Waals surface area contributed by atoms with E-state index in [1.165, 1.54) is 38.6 Å². The maximum absolute atomic E-state index is 5.77. The zero-order chi connectivity index (χ0) is 11.5. The zero-order valence-corrected chi connectivity index (χ0v) is 11.0. The molecule has 4 unspecified atom stereocenters. The lowest BCUT2D eigenvalue weighted by molar-refractivity contribution is -0.0424. The molecule has 16 heavy (non-hydrogen) atoms. The second kappa shape index (κ2) is 5.50. The van der Waals surface area contributed by atoms with Gasteiger partial charge in [0.2, 0.25) is 0 Å². The number of rotatable bonds is 3. The fourth-order valence-electron chi connectivity index (χ4n) is 3.42. The van der Waals surface area contributed by atoms with Gasteiger partial charge in [-0.3, -0.25) is 0 Å². The molecule has 0 aromatic carbocycles. The molecule has 94 valence electrons. The van der Waals surface area contributed by atoms with Crippen molar-refractivity contribution in [3.63, 3.8) is 0 Å². The average Bonchev–Trinajstić information content (AvgIpc) is 2.60. The second-order valence-corrected chi connectivity index (χ2v) is 6.12. The molecule has 4 atom stereocenters. The van der Waals surface area contributed by atoms with Crippen molar-refractivity contribution in [2.45, 2.75) is 71.1 Å². The summed E-state index contributed by atoms with van der Waals surface area (Å²) in [5, 5.41) is 3.76. The Bertz CT molecular complexity index is 209. The first-order valence-electron chi connectivity index (χ1n) is 7.02. The minimum absolute atomic E-state index is 0.434. The Labute approximate surface area is 100 Å². The summed E-state index contributed by atoms with van der Waals surface area (Å²) in [7, 11) is 0. The van der Waals surface area contributed by atoms with E-state index in [9.17, 15) is 0 Å². The van der Waals surface area contributed by atoms with Gasteiger partial charge in [0, 0.05) is 6.04 Å². The topological polar surface area (TPSA) is 21.3 Å². The lowest BCUT2D eigenvalue weighted by Crippen LogP contribution is -2.42. The largest absolute Gasteiger partial charge is 0.375 e. The van der Waals surface area contributed by atoms with Crippen molar-refractivity contribution >= 4 is 0 Å². The Morgan fingerprint density at radius 2 is 1.69 bits per heavy atom. The van der Waals surface area contributed by atoms with Crippen LogP contribution >= 0.6 is 0 Å². The third kappa shape index (κ3) is 3.46. The minimum atomic E-state index is 0.434. The van der Waals surface area contributed by atoms with Gasteiger partial charge in [-0.15, -0.1) is 0 Å². The number of ether oxygens (including phenoxy) is 1. The maximum atomic E-state index is 5.77. The van der Waals surface area contributed by atoms with E-state index in [2.05, 4.69) is 26.1 Å². The summed E-state index contributed by atoms with van der Waals surface area (Å²) in [5.74, 6) is 1.89. The highest BCUT2D eigenvalue weighted by atomic mass is 16.5. The zero-order valence-electron chi connectivity index (χ0n) is 11.0. The van der Waals surface area contributed by atoms with Crippen LogP contribution in [0.4, 0.5) is 0 Å². The molecule has 1 saturated heterocycles. The minimum Gasteiger partial charge on any atom is -0.375 e. The van der Waals surface area contributed by atoms with Crippen LogP contribution in [0.1, 0.15) is 52.9 Å². The molecule has 2 nitrogen and oxygen atoms in total. The summed E-state index contributed by atoms with van der Waals surface area (Å²) in [5.41, 5.74) is 0. The Morgan fingerprint density at radius 1 is 1.00 bits per heavy atom. The summed E-state index contributed by atoms with van der Waals surface area (Å²) in [6.07, 6.45) is 7.54. The van der Waals surface area contributed by atoms with Crippen molar-refractivity contribution in [3.8, 4) is 0 Å². The van der Waals surface area contributed by atoms with Gasteiger partial charge in [-0.25, -0.2) is 0 Å². The fourth-order valence-corrected chi connectivity index (χ4v) is 3.42. The predicted molar refractivity (Wildman–Crippen MR) is 67.5 cm³/mol. The van der Waals surface area contributed by atoms with E-state index in [4.69, 9.17) is 4.74 Å². The van der Waals surface area contributed by atoms with Gasteiger partial charge in [0.15, 0.2) is 0 Å². The number of hydrogen-bond donors (Lipinski definition) is 1. The molecule has 0 aromatic heterocycles. The molecule has 0 bridgehead atoms. The normalized spacial score (nSPS) is 44.8. The van der Waals surface area contributed by atoms with Gasteiger partial charge in [0.1, 0.15) is 0 Å². The van der Waals surface area contributed by atoms with Gasteiger partial charge < -0.3 is 10.1 Å². The lowest BCUT2D eigenvalue weighted by atomic mass is 9.98. The second-order valence-electron chi connectivity index (χ2n) is 6.12. The number of hydrogen-bond acceptors (Lipinski definition) is 2. The molecule has 0 spiro atoms. The molecular formula is C14H27NO. The first-order valence-corrected chi connectivity index (χ1v) is 7.02. The Hall–Kier alpha value is -0.0800. The van der Waals surface area contributed by atoms with Gasteiger partial charge in [-0.1, -0.05) is 13.3 Å². The molecule has 1 aliphatic carbocycles. The fraction of sp³-hybridized carbons (Fsp3) is 1.00. The monoisotopic (exact) mass is 225 g/mol. The van der Waals surface area contributed by atoms with Crippen LogP contribution in [-0.4, -0.2) is 24.8 Å². The Morgan fingerprint density at radius 3 is 2.25 bits per heavy atom. The molecule has 0 amide bonds. The predicted octanol–water partition coefficient (Wildman–Crippen LogP) is 2.97. The van der Waals surface area contributed by atoms with E-state index < -0.39 is 0 Å². The van der Waals surface area contributed by atoms with Gasteiger partial charge >= 0.3 is 0 Å². The van der Waals surface area contributed by atoms with Gasteiger partial charge in [0.25, 0.3) is 0 Å². The quantitative estimate of drug-likeness (QED) is 0.797. The smallest absolute Gasteiger partial charge is 0.0565 e. The van der Waals surface area contributed by atoms with Gasteiger partial charge in [-0.2, -0.15) is 0 Å². The van der Waals surface area contributed by atoms with Crippen LogP contribution in [0.3, 0.4) is 0 Å². The summed E-state index contributed by atoms with van der Waals surface area (Å²) in [6, 6.07) is 0.689. The summed E-state index contributed by atoms with van der Waals surface area (Å²) in [6.45, 7) is 8.01. The van der Waals surface area contributed by atoms with Crippen LogP contribution in [0.5, 0.6) is 0 Å². The molecule has 2 heteroatoms. The van der Waals surface area contributed by atoms with E-state index in [1.807, 2.05) is 0 Å². The molecule has 0 aromatic rings. The first-order chi connectivity index (χ1) is 7.63. The highest BCUT2D eigenvalue weighted by Gasteiger charge is 2.26. The van der Waals surface area contributed by atoms with Crippen molar-refractivity contribution in [3.05, 3.63) is 0 Å². The van der Waals surface area contributed by atoms with Crippen LogP contribution in [-0.2, 0) is 4.74 Å². The Kier molecular flexibility index (Phi) is 4.26. The highest BCUT2D eigenvalue weighted by Crippen LogP contribution is 2.30. The lowest BCUT2D eigenvalue weighted by Gasteiger charge is -2.33. The van der Waals surface area contributed by atoms with E-state index in [-0.39, 0.29) is 0 Å². The van der Waals surface area contributed by atoms with Crippen molar-refractivity contribution in [1.29, 1.82) is 0 Å². The molecule has 1 aliphatic heterocycles. The van der Waals surface area contributed by atoms with Crippen LogP contribution in [0.2, 0.25) is 0 Å². The van der Waals surface area contributed by atoms with Crippen LogP contribution in [0, 0.1) is 11.8 Å². The van der Waals surface area contributed by atoms with Crippen LogP contribution in [0.25, 0.3) is 0 Å². The average molecular weight is 225 g/mol. The third-order valence-corrected chi connectivity index (χ3v) is 4.20. The third-order valence-electron chi connectivity index (χ3n) is 4.20. The summed E-state index contributed by atoms with van der Waals surface area (Å²) >= 11 is 0. The molecular weight excluding hydrogens is 198 g/mol. The first kappa shape index (κ1) is 12.4. The van der Waals surface area contributed by atoms with Crippen LogP contribution in [0.15, 0.2) is 0 Å². The van der Waals surface area contributed by atoms with Crippen molar-refractivity contribution in [1.82, 2.24) is 5.32 Å².